The minimum absolute atomic E-state index is 0.0554. The predicted molar refractivity (Wildman–Crippen MR) is 80.8 cm³/mol. The Morgan fingerprint density at radius 1 is 1.20 bits per heavy atom. The summed E-state index contributed by atoms with van der Waals surface area (Å²) in [4.78, 5) is 22.4. The number of carbonyl (C=O) groups excluding carboxylic acids is 1. The quantitative estimate of drug-likeness (QED) is 0.539. The highest BCUT2D eigenvalue weighted by Gasteiger charge is 2.21. The summed E-state index contributed by atoms with van der Waals surface area (Å²) in [7, 11) is 0. The average molecular weight is 286 g/mol. The molecule has 20 heavy (non-hydrogen) atoms. The average Bonchev–Trinajstić information content (AvgIpc) is 2.31. The molecule has 0 aliphatic carbocycles. The van der Waals surface area contributed by atoms with Gasteiger partial charge in [0, 0.05) is 18.0 Å². The van der Waals surface area contributed by atoms with Crippen LogP contribution in [0.2, 0.25) is 0 Å². The second-order valence-corrected chi connectivity index (χ2v) is 6.13. The van der Waals surface area contributed by atoms with Gasteiger partial charge in [-0.05, 0) is 33.6 Å². The first-order valence-corrected chi connectivity index (χ1v) is 7.57. The topological polar surface area (TPSA) is 78.4 Å². The molecule has 2 amide bonds. The zero-order chi connectivity index (χ0) is 15.6. The Morgan fingerprint density at radius 3 is 2.40 bits per heavy atom. The van der Waals surface area contributed by atoms with Crippen LogP contribution in [0.15, 0.2) is 0 Å². The molecule has 118 valence electrons. The number of carboxylic acid groups (broad SMARTS) is 1. The summed E-state index contributed by atoms with van der Waals surface area (Å²) >= 11 is 0. The highest BCUT2D eigenvalue weighted by atomic mass is 16.4. The fourth-order valence-corrected chi connectivity index (χ4v) is 2.00. The molecule has 5 nitrogen and oxygen atoms in total. The van der Waals surface area contributed by atoms with Crippen LogP contribution in [0.1, 0.15) is 72.6 Å². The molecule has 0 aliphatic heterocycles. The number of carboxylic acids is 1. The van der Waals surface area contributed by atoms with Crippen molar-refractivity contribution in [3.8, 4) is 0 Å². The molecule has 0 bridgehead atoms. The summed E-state index contributed by atoms with van der Waals surface area (Å²) in [5.41, 5.74) is -0.510. The number of nitrogens with one attached hydrogen (secondary N) is 2. The van der Waals surface area contributed by atoms with Crippen LogP contribution in [0, 0.1) is 0 Å². The molecular formula is C15H30N2O3. The molecule has 0 saturated carbocycles. The molecule has 5 heteroatoms. The van der Waals surface area contributed by atoms with E-state index in [-0.39, 0.29) is 18.5 Å². The van der Waals surface area contributed by atoms with Crippen molar-refractivity contribution in [3.63, 3.8) is 0 Å². The third-order valence-electron chi connectivity index (χ3n) is 3.28. The van der Waals surface area contributed by atoms with Crippen molar-refractivity contribution >= 4 is 12.0 Å². The van der Waals surface area contributed by atoms with Gasteiger partial charge in [0.15, 0.2) is 0 Å². The van der Waals surface area contributed by atoms with E-state index in [0.29, 0.717) is 6.42 Å². The zero-order valence-electron chi connectivity index (χ0n) is 13.3. The van der Waals surface area contributed by atoms with Crippen molar-refractivity contribution in [2.75, 3.05) is 0 Å². The highest BCUT2D eigenvalue weighted by molar-refractivity contribution is 5.75. The van der Waals surface area contributed by atoms with Gasteiger partial charge in [-0.15, -0.1) is 0 Å². The minimum atomic E-state index is -0.843. The maximum atomic E-state index is 11.8. The number of carbonyl (C=O) groups is 2. The molecule has 1 atom stereocenters. The number of unbranched alkanes of at least 4 members (excludes halogenated alkanes) is 3. The van der Waals surface area contributed by atoms with E-state index in [1.807, 2.05) is 20.8 Å². The Bertz CT molecular complexity index is 303. The third kappa shape index (κ3) is 10.6. The molecule has 0 heterocycles. The maximum Gasteiger partial charge on any atom is 0.315 e. The van der Waals surface area contributed by atoms with Crippen molar-refractivity contribution in [2.24, 2.45) is 0 Å². The van der Waals surface area contributed by atoms with Crippen LogP contribution in [0.3, 0.4) is 0 Å². The molecule has 3 N–H and O–H groups in total. The van der Waals surface area contributed by atoms with Crippen LogP contribution in [-0.4, -0.2) is 28.7 Å². The summed E-state index contributed by atoms with van der Waals surface area (Å²) in [6, 6.07) is -0.0782. The second-order valence-electron chi connectivity index (χ2n) is 6.13. The Morgan fingerprint density at radius 2 is 1.85 bits per heavy atom. The van der Waals surface area contributed by atoms with E-state index in [1.54, 1.807) is 0 Å². The molecule has 0 aromatic rings. The molecule has 0 radical (unpaired) electrons. The number of urea groups is 1. The Hall–Kier alpha value is -1.26. The largest absolute Gasteiger partial charge is 0.481 e. The zero-order valence-corrected chi connectivity index (χ0v) is 13.3. The second kappa shape index (κ2) is 9.61. The lowest BCUT2D eigenvalue weighted by molar-refractivity contribution is -0.137. The van der Waals surface area contributed by atoms with Gasteiger partial charge in [0.25, 0.3) is 0 Å². The smallest absolute Gasteiger partial charge is 0.315 e. The van der Waals surface area contributed by atoms with Gasteiger partial charge in [0.1, 0.15) is 0 Å². The summed E-state index contributed by atoms with van der Waals surface area (Å²) in [6.45, 7) is 7.84. The third-order valence-corrected chi connectivity index (χ3v) is 3.28. The molecule has 0 spiro atoms. The summed E-state index contributed by atoms with van der Waals surface area (Å²) in [6.07, 6.45) is 6.22. The lowest BCUT2D eigenvalue weighted by atomic mass is 9.99. The molecular weight excluding hydrogens is 256 g/mol. The summed E-state index contributed by atoms with van der Waals surface area (Å²) in [5, 5.41) is 14.4. The van der Waals surface area contributed by atoms with Crippen molar-refractivity contribution in [3.05, 3.63) is 0 Å². The maximum absolute atomic E-state index is 11.8. The van der Waals surface area contributed by atoms with Crippen LogP contribution >= 0.6 is 0 Å². The number of hydrogen-bond donors (Lipinski definition) is 3. The molecule has 0 rings (SSSR count). The molecule has 1 unspecified atom stereocenters. The highest BCUT2D eigenvalue weighted by Crippen LogP contribution is 2.11. The SMILES string of the molecule is CCCCCCC(C)NC(=O)NC(C)(C)CCC(=O)O. The first kappa shape index (κ1) is 18.7. The van der Waals surface area contributed by atoms with Crippen LogP contribution in [0.4, 0.5) is 4.79 Å². The van der Waals surface area contributed by atoms with Crippen LogP contribution < -0.4 is 10.6 Å². The lowest BCUT2D eigenvalue weighted by Crippen LogP contribution is -2.50. The number of aliphatic carboxylic acids is 1. The standard InChI is InChI=1S/C15H30N2O3/c1-5-6-7-8-9-12(2)16-14(20)17-15(3,4)11-10-13(18)19/h12H,5-11H2,1-4H3,(H,18,19)(H2,16,17,20). The first-order valence-electron chi connectivity index (χ1n) is 7.57. The number of amides is 2. The number of hydrogen-bond acceptors (Lipinski definition) is 2. The lowest BCUT2D eigenvalue weighted by Gasteiger charge is -2.27. The van der Waals surface area contributed by atoms with Crippen molar-refractivity contribution < 1.29 is 14.7 Å². The van der Waals surface area contributed by atoms with E-state index in [0.717, 1.165) is 12.8 Å². The Labute approximate surface area is 122 Å². The van der Waals surface area contributed by atoms with Gasteiger partial charge in [-0.2, -0.15) is 0 Å². The van der Waals surface area contributed by atoms with Gasteiger partial charge in [0.05, 0.1) is 0 Å². The molecule has 0 aliphatic rings. The normalized spacial score (nSPS) is 12.8. The van der Waals surface area contributed by atoms with E-state index in [1.165, 1.54) is 19.3 Å². The molecule has 0 saturated heterocycles. The van der Waals surface area contributed by atoms with Crippen molar-refractivity contribution in [1.82, 2.24) is 10.6 Å². The van der Waals surface area contributed by atoms with Crippen LogP contribution in [0.5, 0.6) is 0 Å². The fraction of sp³-hybridized carbons (Fsp3) is 0.867. The molecule has 0 fully saturated rings. The minimum Gasteiger partial charge on any atom is -0.481 e. The van der Waals surface area contributed by atoms with Crippen LogP contribution in [-0.2, 0) is 4.79 Å². The number of rotatable bonds is 10. The molecule has 0 aromatic carbocycles. The van der Waals surface area contributed by atoms with Crippen molar-refractivity contribution in [2.45, 2.75) is 84.2 Å². The van der Waals surface area contributed by atoms with Gasteiger partial charge < -0.3 is 15.7 Å². The predicted octanol–water partition coefficient (Wildman–Crippen LogP) is 3.29. The van der Waals surface area contributed by atoms with E-state index in [4.69, 9.17) is 5.11 Å². The van der Waals surface area contributed by atoms with Gasteiger partial charge >= 0.3 is 12.0 Å². The molecule has 0 aromatic heterocycles. The summed E-state index contributed by atoms with van der Waals surface area (Å²) in [5.74, 6) is -0.843. The van der Waals surface area contributed by atoms with E-state index in [9.17, 15) is 9.59 Å². The van der Waals surface area contributed by atoms with Crippen LogP contribution in [0.25, 0.3) is 0 Å². The first-order chi connectivity index (χ1) is 9.26. The van der Waals surface area contributed by atoms with Crippen molar-refractivity contribution in [1.29, 1.82) is 0 Å². The van der Waals surface area contributed by atoms with E-state index in [2.05, 4.69) is 17.6 Å². The monoisotopic (exact) mass is 286 g/mol. The van der Waals surface area contributed by atoms with Gasteiger partial charge in [-0.3, -0.25) is 4.79 Å². The van der Waals surface area contributed by atoms with Gasteiger partial charge in [-0.25, -0.2) is 4.79 Å². The van der Waals surface area contributed by atoms with Gasteiger partial charge in [0.2, 0.25) is 0 Å². The Balaban J connectivity index is 3.92. The fourth-order valence-electron chi connectivity index (χ4n) is 2.00. The summed E-state index contributed by atoms with van der Waals surface area (Å²) < 4.78 is 0. The van der Waals surface area contributed by atoms with E-state index < -0.39 is 11.5 Å². The Kier molecular flexibility index (Phi) is 9.01. The van der Waals surface area contributed by atoms with Gasteiger partial charge in [-0.1, -0.05) is 32.6 Å². The van der Waals surface area contributed by atoms with E-state index >= 15 is 0 Å².